The van der Waals surface area contributed by atoms with Gasteiger partial charge in [-0.1, -0.05) is 12.1 Å². The van der Waals surface area contributed by atoms with Crippen LogP contribution in [0.15, 0.2) is 77.9 Å². The summed E-state index contributed by atoms with van der Waals surface area (Å²) in [7, 11) is 1.55. The summed E-state index contributed by atoms with van der Waals surface area (Å²) in [6.45, 7) is 0. The van der Waals surface area contributed by atoms with E-state index in [1.165, 1.54) is 18.3 Å². The number of carbonyl (C=O) groups excluding carboxylic acids is 2. The highest BCUT2D eigenvalue weighted by atomic mass is 16.5. The second-order valence-electron chi connectivity index (χ2n) is 5.90. The van der Waals surface area contributed by atoms with E-state index in [0.29, 0.717) is 22.6 Å². The molecule has 0 aliphatic heterocycles. The molecule has 0 atom stereocenters. The first-order valence-electron chi connectivity index (χ1n) is 8.64. The Hall–Kier alpha value is -4.13. The van der Waals surface area contributed by atoms with Crippen molar-refractivity contribution in [3.8, 4) is 17.2 Å². The predicted molar refractivity (Wildman–Crippen MR) is 108 cm³/mol. The van der Waals surface area contributed by atoms with Crippen molar-refractivity contribution in [3.63, 3.8) is 0 Å². The molecular formula is C22H18N2O5. The van der Waals surface area contributed by atoms with Gasteiger partial charge in [-0.2, -0.15) is 5.10 Å². The minimum absolute atomic E-state index is 0.122. The minimum atomic E-state index is -0.524. The van der Waals surface area contributed by atoms with Gasteiger partial charge in [-0.25, -0.2) is 10.2 Å². The van der Waals surface area contributed by atoms with Crippen LogP contribution in [-0.4, -0.2) is 30.3 Å². The van der Waals surface area contributed by atoms with Crippen LogP contribution in [0.1, 0.15) is 26.3 Å². The molecule has 3 rings (SSSR count). The van der Waals surface area contributed by atoms with Gasteiger partial charge in [0.1, 0.15) is 17.2 Å². The number of esters is 1. The van der Waals surface area contributed by atoms with Crippen LogP contribution in [0.2, 0.25) is 0 Å². The fourth-order valence-electron chi connectivity index (χ4n) is 2.41. The maximum absolute atomic E-state index is 12.2. The molecule has 0 spiro atoms. The van der Waals surface area contributed by atoms with Crippen molar-refractivity contribution in [2.24, 2.45) is 5.10 Å². The van der Waals surface area contributed by atoms with Gasteiger partial charge < -0.3 is 14.6 Å². The molecule has 0 heterocycles. The van der Waals surface area contributed by atoms with Crippen molar-refractivity contribution >= 4 is 18.1 Å². The average Bonchev–Trinajstić information content (AvgIpc) is 2.75. The van der Waals surface area contributed by atoms with Crippen molar-refractivity contribution in [1.29, 1.82) is 0 Å². The number of hydrogen-bond donors (Lipinski definition) is 2. The number of benzene rings is 3. The van der Waals surface area contributed by atoms with Gasteiger partial charge in [0.25, 0.3) is 5.91 Å². The summed E-state index contributed by atoms with van der Waals surface area (Å²) in [4.78, 5) is 24.1. The number of nitrogens with zero attached hydrogens (tertiary/aromatic N) is 1. The van der Waals surface area contributed by atoms with E-state index in [1.54, 1.807) is 67.8 Å². The van der Waals surface area contributed by atoms with Gasteiger partial charge in [-0.05, 0) is 66.2 Å². The normalized spacial score (nSPS) is 10.5. The van der Waals surface area contributed by atoms with E-state index in [9.17, 15) is 14.7 Å². The standard InChI is InChI=1S/C22H18N2O5/c1-28-17-12-8-16(9-13-17)22(27)29-18-10-6-15(7-11-18)14-23-24-21(26)19-4-2-3-5-20(19)25/h2-14,25H,1H3,(H,24,26). The Morgan fingerprint density at radius 3 is 2.24 bits per heavy atom. The summed E-state index contributed by atoms with van der Waals surface area (Å²) >= 11 is 0. The first-order chi connectivity index (χ1) is 14.1. The second-order valence-corrected chi connectivity index (χ2v) is 5.90. The van der Waals surface area contributed by atoms with E-state index in [4.69, 9.17) is 9.47 Å². The smallest absolute Gasteiger partial charge is 0.343 e. The minimum Gasteiger partial charge on any atom is -0.507 e. The lowest BCUT2D eigenvalue weighted by Crippen LogP contribution is -2.17. The number of amides is 1. The van der Waals surface area contributed by atoms with E-state index in [-0.39, 0.29) is 11.3 Å². The lowest BCUT2D eigenvalue weighted by molar-refractivity contribution is 0.0734. The van der Waals surface area contributed by atoms with E-state index in [2.05, 4.69) is 10.5 Å². The zero-order chi connectivity index (χ0) is 20.6. The monoisotopic (exact) mass is 390 g/mol. The molecule has 0 aromatic heterocycles. The molecule has 1 amide bonds. The summed E-state index contributed by atoms with van der Waals surface area (Å²) in [5.74, 6) is -0.0995. The zero-order valence-corrected chi connectivity index (χ0v) is 15.5. The van der Waals surface area contributed by atoms with E-state index in [0.717, 1.165) is 0 Å². The maximum atomic E-state index is 12.2. The zero-order valence-electron chi connectivity index (χ0n) is 15.5. The van der Waals surface area contributed by atoms with Crippen LogP contribution in [0.4, 0.5) is 0 Å². The molecule has 3 aromatic carbocycles. The van der Waals surface area contributed by atoms with Gasteiger partial charge in [0.05, 0.1) is 24.5 Å². The number of hydrazone groups is 1. The van der Waals surface area contributed by atoms with Crippen molar-refractivity contribution in [2.75, 3.05) is 7.11 Å². The number of rotatable bonds is 6. The van der Waals surface area contributed by atoms with E-state index >= 15 is 0 Å². The third-order valence-electron chi connectivity index (χ3n) is 3.94. The fourth-order valence-corrected chi connectivity index (χ4v) is 2.41. The molecule has 2 N–H and O–H groups in total. The van der Waals surface area contributed by atoms with Gasteiger partial charge in [-0.15, -0.1) is 0 Å². The summed E-state index contributed by atoms with van der Waals surface area (Å²) in [5, 5.41) is 13.5. The van der Waals surface area contributed by atoms with Crippen molar-refractivity contribution in [1.82, 2.24) is 5.43 Å². The molecule has 0 unspecified atom stereocenters. The van der Waals surface area contributed by atoms with Crippen LogP contribution in [0.3, 0.4) is 0 Å². The van der Waals surface area contributed by atoms with Crippen LogP contribution >= 0.6 is 0 Å². The Bertz CT molecular complexity index is 1030. The van der Waals surface area contributed by atoms with Gasteiger partial charge >= 0.3 is 5.97 Å². The second kappa shape index (κ2) is 9.18. The molecule has 3 aromatic rings. The van der Waals surface area contributed by atoms with Crippen LogP contribution in [0.25, 0.3) is 0 Å². The van der Waals surface area contributed by atoms with Crippen LogP contribution < -0.4 is 14.9 Å². The van der Waals surface area contributed by atoms with Crippen molar-refractivity contribution < 1.29 is 24.2 Å². The Kier molecular flexibility index (Phi) is 6.22. The molecule has 0 aliphatic carbocycles. The molecule has 7 nitrogen and oxygen atoms in total. The van der Waals surface area contributed by atoms with Gasteiger partial charge in [0, 0.05) is 0 Å². The third-order valence-corrected chi connectivity index (χ3v) is 3.94. The summed E-state index contributed by atoms with van der Waals surface area (Å²) in [5.41, 5.74) is 3.56. The lowest BCUT2D eigenvalue weighted by Gasteiger charge is -2.05. The number of phenols is 1. The largest absolute Gasteiger partial charge is 0.507 e. The molecule has 0 fully saturated rings. The highest BCUT2D eigenvalue weighted by molar-refractivity contribution is 5.97. The number of phenolic OH excluding ortho intramolecular Hbond substituents is 1. The quantitative estimate of drug-likeness (QED) is 0.291. The summed E-state index contributed by atoms with van der Waals surface area (Å²) in [6.07, 6.45) is 1.44. The molecule has 29 heavy (non-hydrogen) atoms. The van der Waals surface area contributed by atoms with Crippen molar-refractivity contribution in [3.05, 3.63) is 89.5 Å². The van der Waals surface area contributed by atoms with E-state index in [1.807, 2.05) is 0 Å². The summed E-state index contributed by atoms with van der Waals surface area (Å²) in [6, 6.07) is 19.4. The SMILES string of the molecule is COc1ccc(C(=O)Oc2ccc(C=NNC(=O)c3ccccc3O)cc2)cc1. The number of methoxy groups -OCH3 is 1. The van der Waals surface area contributed by atoms with Gasteiger partial charge in [-0.3, -0.25) is 4.79 Å². The fraction of sp³-hybridized carbons (Fsp3) is 0.0455. The van der Waals surface area contributed by atoms with Crippen LogP contribution in [-0.2, 0) is 0 Å². The Morgan fingerprint density at radius 2 is 1.59 bits per heavy atom. The van der Waals surface area contributed by atoms with Crippen LogP contribution in [0.5, 0.6) is 17.2 Å². The van der Waals surface area contributed by atoms with Crippen molar-refractivity contribution in [2.45, 2.75) is 0 Å². The van der Waals surface area contributed by atoms with Gasteiger partial charge in [0.15, 0.2) is 0 Å². The molecule has 7 heteroatoms. The number of aromatic hydroxyl groups is 1. The first-order valence-corrected chi connectivity index (χ1v) is 8.64. The summed E-state index contributed by atoms with van der Waals surface area (Å²) < 4.78 is 10.4. The molecular weight excluding hydrogens is 372 g/mol. The Labute approximate surface area is 167 Å². The average molecular weight is 390 g/mol. The third kappa shape index (κ3) is 5.20. The van der Waals surface area contributed by atoms with Gasteiger partial charge in [0.2, 0.25) is 0 Å². The Balaban J connectivity index is 1.56. The number of hydrogen-bond acceptors (Lipinski definition) is 6. The molecule has 146 valence electrons. The highest BCUT2D eigenvalue weighted by Crippen LogP contribution is 2.17. The Morgan fingerprint density at radius 1 is 0.931 bits per heavy atom. The molecule has 0 radical (unpaired) electrons. The number of ether oxygens (including phenoxy) is 2. The maximum Gasteiger partial charge on any atom is 0.343 e. The number of nitrogens with one attached hydrogen (secondary N) is 1. The van der Waals surface area contributed by atoms with Crippen LogP contribution in [0, 0.1) is 0 Å². The molecule has 0 saturated carbocycles. The molecule has 0 bridgehead atoms. The first kappa shape index (κ1) is 19.6. The predicted octanol–water partition coefficient (Wildman–Crippen LogP) is 3.38. The number of carbonyl (C=O) groups is 2. The molecule has 0 aliphatic rings. The topological polar surface area (TPSA) is 97.2 Å². The molecule has 0 saturated heterocycles. The highest BCUT2D eigenvalue weighted by Gasteiger charge is 2.09. The van der Waals surface area contributed by atoms with E-state index < -0.39 is 11.9 Å². The number of para-hydroxylation sites is 1. The lowest BCUT2D eigenvalue weighted by atomic mass is 10.2.